The van der Waals surface area contributed by atoms with Gasteiger partial charge in [0.15, 0.2) is 9.84 Å². The number of hydrogen-bond donors (Lipinski definition) is 0. The molecule has 1 aromatic rings. The highest BCUT2D eigenvalue weighted by Gasteiger charge is 2.34. The molecule has 1 amide bonds. The Morgan fingerprint density at radius 3 is 2.41 bits per heavy atom. The van der Waals surface area contributed by atoms with E-state index in [1.807, 2.05) is 18.7 Å². The number of aryl methyl sites for hydroxylation is 2. The normalized spacial score (nSPS) is 25.5. The van der Waals surface area contributed by atoms with Gasteiger partial charge in [0, 0.05) is 32.2 Å². The molecule has 3 heterocycles. The molecule has 1 aromatic heterocycles. The zero-order chi connectivity index (χ0) is 15.9. The minimum atomic E-state index is -2.85. The standard InChI is InChI=1S/C14H21N3O3S2/c1-10-13(21-11(2)15-10)14(18)17-6-4-16(5-7-17)12-3-8-22(19,20)9-12/h12H,3-9H2,1-2H3/t12-/m1/s1. The number of thiazole rings is 1. The van der Waals surface area contributed by atoms with Crippen molar-refractivity contribution in [3.63, 3.8) is 0 Å². The number of piperazine rings is 1. The second-order valence-corrected chi connectivity index (χ2v) is 9.46. The van der Waals surface area contributed by atoms with E-state index in [4.69, 9.17) is 0 Å². The molecule has 0 radical (unpaired) electrons. The van der Waals surface area contributed by atoms with E-state index in [1.54, 1.807) is 0 Å². The van der Waals surface area contributed by atoms with E-state index in [2.05, 4.69) is 9.88 Å². The van der Waals surface area contributed by atoms with Crippen LogP contribution in [0.3, 0.4) is 0 Å². The van der Waals surface area contributed by atoms with Crippen LogP contribution in [-0.4, -0.2) is 72.8 Å². The third-order valence-corrected chi connectivity index (χ3v) is 7.24. The molecular formula is C14H21N3O3S2. The van der Waals surface area contributed by atoms with Crippen molar-refractivity contribution in [2.75, 3.05) is 37.7 Å². The Kier molecular flexibility index (Phi) is 4.26. The lowest BCUT2D eigenvalue weighted by Crippen LogP contribution is -2.52. The molecule has 2 saturated heterocycles. The van der Waals surface area contributed by atoms with Crippen LogP contribution in [0, 0.1) is 13.8 Å². The van der Waals surface area contributed by atoms with E-state index in [9.17, 15) is 13.2 Å². The van der Waals surface area contributed by atoms with Crippen molar-refractivity contribution in [2.45, 2.75) is 26.3 Å². The fraction of sp³-hybridized carbons (Fsp3) is 0.714. The zero-order valence-corrected chi connectivity index (χ0v) is 14.5. The summed E-state index contributed by atoms with van der Waals surface area (Å²) in [6.07, 6.45) is 0.726. The summed E-state index contributed by atoms with van der Waals surface area (Å²) in [7, 11) is -2.85. The van der Waals surface area contributed by atoms with Gasteiger partial charge in [0.25, 0.3) is 5.91 Å². The third-order valence-electron chi connectivity index (χ3n) is 4.42. The van der Waals surface area contributed by atoms with Crippen molar-refractivity contribution in [2.24, 2.45) is 0 Å². The summed E-state index contributed by atoms with van der Waals surface area (Å²) in [6, 6.07) is 0.134. The molecule has 6 nitrogen and oxygen atoms in total. The highest BCUT2D eigenvalue weighted by atomic mass is 32.2. The maximum Gasteiger partial charge on any atom is 0.265 e. The second-order valence-electron chi connectivity index (χ2n) is 6.03. The molecule has 0 unspecified atom stereocenters. The van der Waals surface area contributed by atoms with Crippen LogP contribution in [0.25, 0.3) is 0 Å². The highest BCUT2D eigenvalue weighted by molar-refractivity contribution is 7.91. The molecule has 122 valence electrons. The fourth-order valence-corrected chi connectivity index (χ4v) is 5.88. The summed E-state index contributed by atoms with van der Waals surface area (Å²) in [5, 5.41) is 0.913. The number of nitrogens with zero attached hydrogens (tertiary/aromatic N) is 3. The van der Waals surface area contributed by atoms with Gasteiger partial charge in [0.1, 0.15) is 4.88 Å². The summed E-state index contributed by atoms with van der Waals surface area (Å²) in [4.78, 5) is 21.7. The molecule has 1 atom stereocenters. The molecule has 3 rings (SSSR count). The van der Waals surface area contributed by atoms with E-state index in [0.29, 0.717) is 18.8 Å². The molecule has 2 aliphatic rings. The first kappa shape index (κ1) is 15.9. The van der Waals surface area contributed by atoms with E-state index < -0.39 is 9.84 Å². The summed E-state index contributed by atoms with van der Waals surface area (Å²) in [6.45, 7) is 6.60. The minimum absolute atomic E-state index is 0.0572. The molecule has 0 aliphatic carbocycles. The Balaban J connectivity index is 1.60. The highest BCUT2D eigenvalue weighted by Crippen LogP contribution is 2.22. The van der Waals surface area contributed by atoms with Crippen LogP contribution in [0.4, 0.5) is 0 Å². The van der Waals surface area contributed by atoms with Crippen molar-refractivity contribution in [1.29, 1.82) is 0 Å². The third kappa shape index (κ3) is 3.18. The summed E-state index contributed by atoms with van der Waals surface area (Å²) in [5.74, 6) is 0.631. The monoisotopic (exact) mass is 343 g/mol. The predicted molar refractivity (Wildman–Crippen MR) is 86.1 cm³/mol. The van der Waals surface area contributed by atoms with Gasteiger partial charge in [-0.15, -0.1) is 11.3 Å². The number of aromatic nitrogens is 1. The molecule has 0 N–H and O–H groups in total. The lowest BCUT2D eigenvalue weighted by Gasteiger charge is -2.37. The first-order valence-electron chi connectivity index (χ1n) is 7.53. The average Bonchev–Trinajstić information content (AvgIpc) is 3.00. The smallest absolute Gasteiger partial charge is 0.265 e. The van der Waals surface area contributed by atoms with Gasteiger partial charge in [-0.1, -0.05) is 0 Å². The van der Waals surface area contributed by atoms with E-state index >= 15 is 0 Å². The maximum atomic E-state index is 12.5. The first-order valence-corrected chi connectivity index (χ1v) is 10.2. The largest absolute Gasteiger partial charge is 0.335 e. The van der Waals surface area contributed by atoms with Crippen LogP contribution >= 0.6 is 11.3 Å². The van der Waals surface area contributed by atoms with E-state index in [1.165, 1.54) is 11.3 Å². The Morgan fingerprint density at radius 2 is 1.91 bits per heavy atom. The van der Waals surface area contributed by atoms with E-state index in [-0.39, 0.29) is 17.7 Å². The lowest BCUT2D eigenvalue weighted by atomic mass is 10.2. The van der Waals surface area contributed by atoms with Gasteiger partial charge in [-0.3, -0.25) is 9.69 Å². The Bertz CT molecular complexity index is 676. The van der Waals surface area contributed by atoms with Gasteiger partial charge >= 0.3 is 0 Å². The van der Waals surface area contributed by atoms with Gasteiger partial charge in [0.2, 0.25) is 0 Å². The summed E-state index contributed by atoms with van der Waals surface area (Å²) in [5.41, 5.74) is 0.803. The minimum Gasteiger partial charge on any atom is -0.335 e. The van der Waals surface area contributed by atoms with Crippen LogP contribution < -0.4 is 0 Å². The number of rotatable bonds is 2. The number of sulfone groups is 1. The van der Waals surface area contributed by atoms with Crippen LogP contribution in [0.2, 0.25) is 0 Å². The maximum absolute atomic E-state index is 12.5. The molecule has 22 heavy (non-hydrogen) atoms. The Morgan fingerprint density at radius 1 is 1.23 bits per heavy atom. The van der Waals surface area contributed by atoms with Gasteiger partial charge in [0.05, 0.1) is 22.2 Å². The molecule has 2 aliphatic heterocycles. The number of carbonyl (C=O) groups excluding carboxylic acids is 1. The first-order chi connectivity index (χ1) is 10.4. The van der Waals surface area contributed by atoms with Crippen molar-refractivity contribution < 1.29 is 13.2 Å². The van der Waals surface area contributed by atoms with Crippen LogP contribution in [-0.2, 0) is 9.84 Å². The number of hydrogen-bond acceptors (Lipinski definition) is 6. The summed E-state index contributed by atoms with van der Waals surface area (Å²) >= 11 is 1.45. The average molecular weight is 343 g/mol. The Hall–Kier alpha value is -0.990. The van der Waals surface area contributed by atoms with Crippen LogP contribution in [0.5, 0.6) is 0 Å². The van der Waals surface area contributed by atoms with Crippen molar-refractivity contribution in [3.05, 3.63) is 15.6 Å². The second kappa shape index (κ2) is 5.90. The summed E-state index contributed by atoms with van der Waals surface area (Å²) < 4.78 is 23.2. The van der Waals surface area contributed by atoms with Gasteiger partial charge in [-0.2, -0.15) is 0 Å². The van der Waals surface area contributed by atoms with Gasteiger partial charge < -0.3 is 4.90 Å². The molecular weight excluding hydrogens is 322 g/mol. The van der Waals surface area contributed by atoms with E-state index in [0.717, 1.165) is 35.1 Å². The lowest BCUT2D eigenvalue weighted by molar-refractivity contribution is 0.0591. The number of carbonyl (C=O) groups is 1. The number of amides is 1. The topological polar surface area (TPSA) is 70.6 Å². The molecule has 0 spiro atoms. The quantitative estimate of drug-likeness (QED) is 0.791. The van der Waals surface area contributed by atoms with Crippen molar-refractivity contribution in [3.8, 4) is 0 Å². The van der Waals surface area contributed by atoms with Crippen molar-refractivity contribution >= 4 is 27.1 Å². The predicted octanol–water partition coefficient (Wildman–Crippen LogP) is 0.705. The van der Waals surface area contributed by atoms with Gasteiger partial charge in [-0.05, 0) is 20.3 Å². The van der Waals surface area contributed by atoms with Crippen LogP contribution in [0.1, 0.15) is 26.8 Å². The zero-order valence-electron chi connectivity index (χ0n) is 12.9. The molecule has 0 aromatic carbocycles. The fourth-order valence-electron chi connectivity index (χ4n) is 3.23. The molecule has 0 saturated carbocycles. The molecule has 2 fully saturated rings. The van der Waals surface area contributed by atoms with Crippen molar-refractivity contribution in [1.82, 2.24) is 14.8 Å². The Labute approximate surface area is 135 Å². The van der Waals surface area contributed by atoms with Crippen LogP contribution in [0.15, 0.2) is 0 Å². The molecule has 0 bridgehead atoms. The molecule has 8 heteroatoms. The SMILES string of the molecule is Cc1nc(C)c(C(=O)N2CCN([C@@H]3CCS(=O)(=O)C3)CC2)s1. The van der Waals surface area contributed by atoms with Gasteiger partial charge in [-0.25, -0.2) is 13.4 Å².